The van der Waals surface area contributed by atoms with Gasteiger partial charge in [0.25, 0.3) is 0 Å². The normalized spacial score (nSPS) is 14.3. The molecule has 4 heteroatoms. The number of likely N-dealkylation sites (N-methyl/N-ethyl adjacent to an activating group) is 1. The molecule has 0 aromatic heterocycles. The highest BCUT2D eigenvalue weighted by Gasteiger charge is 2.13. The van der Waals surface area contributed by atoms with E-state index in [-0.39, 0.29) is 24.0 Å². The van der Waals surface area contributed by atoms with Crippen molar-refractivity contribution in [3.8, 4) is 0 Å². The van der Waals surface area contributed by atoms with Crippen molar-refractivity contribution in [2.24, 2.45) is 4.99 Å². The first-order valence-corrected chi connectivity index (χ1v) is 5.47. The van der Waals surface area contributed by atoms with Crippen LogP contribution in [-0.4, -0.2) is 30.5 Å². The first kappa shape index (κ1) is 13.3. The third-order valence-corrected chi connectivity index (χ3v) is 2.61. The third kappa shape index (κ3) is 3.37. The molecule has 0 saturated heterocycles. The zero-order valence-electron chi connectivity index (χ0n) is 9.52. The van der Waals surface area contributed by atoms with Crippen molar-refractivity contribution in [3.05, 3.63) is 35.9 Å². The quantitative estimate of drug-likeness (QED) is 0.859. The van der Waals surface area contributed by atoms with Crippen molar-refractivity contribution in [1.29, 1.82) is 0 Å². The van der Waals surface area contributed by atoms with Crippen LogP contribution in [0, 0.1) is 0 Å². The molecule has 0 atom stereocenters. The van der Waals surface area contributed by atoms with E-state index in [0.717, 1.165) is 32.1 Å². The third-order valence-electron chi connectivity index (χ3n) is 2.61. The molecule has 0 saturated carbocycles. The number of guanidine groups is 1. The Kier molecular flexibility index (Phi) is 5.59. The summed E-state index contributed by atoms with van der Waals surface area (Å²) >= 11 is 0. The van der Waals surface area contributed by atoms with Crippen LogP contribution >= 0.6 is 24.0 Å². The highest BCUT2D eigenvalue weighted by molar-refractivity contribution is 14.0. The van der Waals surface area contributed by atoms with Crippen LogP contribution < -0.4 is 5.32 Å². The molecule has 0 radical (unpaired) electrons. The SMILES string of the molecule is CCN1CCN=C1NCc1ccccc1.I. The Balaban J connectivity index is 0.00000128. The molecule has 0 unspecified atom stereocenters. The lowest BCUT2D eigenvalue weighted by Crippen LogP contribution is -2.37. The lowest BCUT2D eigenvalue weighted by atomic mass is 10.2. The van der Waals surface area contributed by atoms with Crippen molar-refractivity contribution >= 4 is 29.9 Å². The Morgan fingerprint density at radius 2 is 2.06 bits per heavy atom. The molecule has 1 aromatic carbocycles. The van der Waals surface area contributed by atoms with Crippen molar-refractivity contribution in [1.82, 2.24) is 10.2 Å². The minimum absolute atomic E-state index is 0. The van der Waals surface area contributed by atoms with Gasteiger partial charge in [0.05, 0.1) is 6.54 Å². The summed E-state index contributed by atoms with van der Waals surface area (Å²) in [7, 11) is 0. The highest BCUT2D eigenvalue weighted by atomic mass is 127. The molecular weight excluding hydrogens is 313 g/mol. The van der Waals surface area contributed by atoms with Gasteiger partial charge < -0.3 is 10.2 Å². The molecule has 0 spiro atoms. The summed E-state index contributed by atoms with van der Waals surface area (Å²) in [5, 5.41) is 3.37. The van der Waals surface area contributed by atoms with Gasteiger partial charge in [0.1, 0.15) is 0 Å². The van der Waals surface area contributed by atoms with Gasteiger partial charge in [0, 0.05) is 19.6 Å². The Hall–Kier alpha value is -0.780. The predicted molar refractivity (Wildman–Crippen MR) is 78.2 cm³/mol. The molecule has 3 nitrogen and oxygen atoms in total. The fourth-order valence-electron chi connectivity index (χ4n) is 1.74. The van der Waals surface area contributed by atoms with Crippen LogP contribution in [0.25, 0.3) is 0 Å². The van der Waals surface area contributed by atoms with Crippen LogP contribution in [0.5, 0.6) is 0 Å². The van der Waals surface area contributed by atoms with Gasteiger partial charge in [0.2, 0.25) is 0 Å². The average Bonchev–Trinajstić information content (AvgIpc) is 2.75. The van der Waals surface area contributed by atoms with Gasteiger partial charge >= 0.3 is 0 Å². The Labute approximate surface area is 114 Å². The minimum atomic E-state index is 0. The minimum Gasteiger partial charge on any atom is -0.352 e. The fraction of sp³-hybridized carbons (Fsp3) is 0.417. The van der Waals surface area contributed by atoms with E-state index in [1.54, 1.807) is 0 Å². The van der Waals surface area contributed by atoms with E-state index < -0.39 is 0 Å². The van der Waals surface area contributed by atoms with Crippen LogP contribution in [-0.2, 0) is 6.54 Å². The van der Waals surface area contributed by atoms with Gasteiger partial charge in [-0.15, -0.1) is 24.0 Å². The molecular formula is C12H18IN3. The van der Waals surface area contributed by atoms with Crippen molar-refractivity contribution in [2.45, 2.75) is 13.5 Å². The van der Waals surface area contributed by atoms with Gasteiger partial charge in [-0.05, 0) is 12.5 Å². The molecule has 0 fully saturated rings. The molecule has 1 aliphatic heterocycles. The maximum absolute atomic E-state index is 4.43. The second kappa shape index (κ2) is 6.73. The Bertz CT molecular complexity index is 337. The summed E-state index contributed by atoms with van der Waals surface area (Å²) in [5.41, 5.74) is 1.29. The lowest BCUT2D eigenvalue weighted by Gasteiger charge is -2.18. The Morgan fingerprint density at radius 3 is 2.75 bits per heavy atom. The summed E-state index contributed by atoms with van der Waals surface area (Å²) in [6.45, 7) is 6.01. The maximum atomic E-state index is 4.43. The van der Waals surface area contributed by atoms with E-state index in [1.165, 1.54) is 5.56 Å². The highest BCUT2D eigenvalue weighted by Crippen LogP contribution is 2.01. The lowest BCUT2D eigenvalue weighted by molar-refractivity contribution is 0.466. The molecule has 0 aliphatic carbocycles. The van der Waals surface area contributed by atoms with Crippen LogP contribution in [0.4, 0.5) is 0 Å². The van der Waals surface area contributed by atoms with Gasteiger partial charge in [-0.3, -0.25) is 4.99 Å². The molecule has 0 amide bonds. The van der Waals surface area contributed by atoms with Crippen molar-refractivity contribution in [3.63, 3.8) is 0 Å². The number of nitrogens with one attached hydrogen (secondary N) is 1. The molecule has 1 aliphatic rings. The molecule has 0 bridgehead atoms. The molecule has 1 aromatic rings. The maximum Gasteiger partial charge on any atom is 0.194 e. The molecule has 2 rings (SSSR count). The fourth-order valence-corrected chi connectivity index (χ4v) is 1.74. The number of halogens is 1. The second-order valence-corrected chi connectivity index (χ2v) is 3.62. The summed E-state index contributed by atoms with van der Waals surface area (Å²) in [6.07, 6.45) is 0. The molecule has 1 heterocycles. The molecule has 88 valence electrons. The number of hydrogen-bond donors (Lipinski definition) is 1. The monoisotopic (exact) mass is 331 g/mol. The van der Waals surface area contributed by atoms with Crippen molar-refractivity contribution < 1.29 is 0 Å². The zero-order valence-corrected chi connectivity index (χ0v) is 11.8. The summed E-state index contributed by atoms with van der Waals surface area (Å²) in [6, 6.07) is 10.4. The van der Waals surface area contributed by atoms with Crippen molar-refractivity contribution in [2.75, 3.05) is 19.6 Å². The number of nitrogens with zero attached hydrogens (tertiary/aromatic N) is 2. The largest absolute Gasteiger partial charge is 0.352 e. The number of benzene rings is 1. The van der Waals surface area contributed by atoms with Gasteiger partial charge in [-0.2, -0.15) is 0 Å². The van der Waals surface area contributed by atoms with E-state index in [1.807, 2.05) is 6.07 Å². The standard InChI is InChI=1S/C12H17N3.HI/c1-2-15-9-8-13-12(15)14-10-11-6-4-3-5-7-11;/h3-7H,2,8-10H2,1H3,(H,13,14);1H. The smallest absolute Gasteiger partial charge is 0.194 e. The zero-order chi connectivity index (χ0) is 10.5. The molecule has 16 heavy (non-hydrogen) atoms. The van der Waals surface area contributed by atoms with E-state index in [2.05, 4.69) is 46.4 Å². The van der Waals surface area contributed by atoms with E-state index in [9.17, 15) is 0 Å². The van der Waals surface area contributed by atoms with Gasteiger partial charge in [0.15, 0.2) is 5.96 Å². The van der Waals surface area contributed by atoms with Crippen LogP contribution in [0.2, 0.25) is 0 Å². The first-order chi connectivity index (χ1) is 7.40. The number of aliphatic imine (C=N–C) groups is 1. The van der Waals surface area contributed by atoms with E-state index in [0.29, 0.717) is 0 Å². The van der Waals surface area contributed by atoms with Gasteiger partial charge in [-0.25, -0.2) is 0 Å². The second-order valence-electron chi connectivity index (χ2n) is 3.62. The van der Waals surface area contributed by atoms with Crippen LogP contribution in [0.15, 0.2) is 35.3 Å². The van der Waals surface area contributed by atoms with E-state index >= 15 is 0 Å². The van der Waals surface area contributed by atoms with Gasteiger partial charge in [-0.1, -0.05) is 30.3 Å². The predicted octanol–water partition coefficient (Wildman–Crippen LogP) is 2.09. The summed E-state index contributed by atoms with van der Waals surface area (Å²) < 4.78 is 0. The van der Waals surface area contributed by atoms with Crippen LogP contribution in [0.3, 0.4) is 0 Å². The summed E-state index contributed by atoms with van der Waals surface area (Å²) in [5.74, 6) is 1.04. The molecule has 1 N–H and O–H groups in total. The van der Waals surface area contributed by atoms with Crippen LogP contribution in [0.1, 0.15) is 12.5 Å². The number of rotatable bonds is 3. The average molecular weight is 331 g/mol. The first-order valence-electron chi connectivity index (χ1n) is 5.47. The topological polar surface area (TPSA) is 27.6 Å². The summed E-state index contributed by atoms with van der Waals surface area (Å²) in [4.78, 5) is 6.70. The number of hydrogen-bond acceptors (Lipinski definition) is 3. The van der Waals surface area contributed by atoms with E-state index in [4.69, 9.17) is 0 Å². The Morgan fingerprint density at radius 1 is 1.31 bits per heavy atom.